The minimum atomic E-state index is 0.119. The van der Waals surface area contributed by atoms with Gasteiger partial charge in [0.25, 0.3) is 0 Å². The van der Waals surface area contributed by atoms with Crippen molar-refractivity contribution in [3.63, 3.8) is 0 Å². The molecule has 2 unspecified atom stereocenters. The summed E-state index contributed by atoms with van der Waals surface area (Å²) in [7, 11) is 0. The smallest absolute Gasteiger partial charge is 0.0810 e. The van der Waals surface area contributed by atoms with Crippen molar-refractivity contribution in [1.82, 2.24) is 5.32 Å². The molecule has 2 nitrogen and oxygen atoms in total. The van der Waals surface area contributed by atoms with Gasteiger partial charge >= 0.3 is 0 Å². The van der Waals surface area contributed by atoms with Crippen molar-refractivity contribution < 1.29 is 4.74 Å². The van der Waals surface area contributed by atoms with E-state index in [2.05, 4.69) is 19.2 Å². The fraction of sp³-hybridized carbons (Fsp3) is 1.00. The van der Waals surface area contributed by atoms with Crippen molar-refractivity contribution in [3.8, 4) is 0 Å². The van der Waals surface area contributed by atoms with Crippen molar-refractivity contribution >= 4 is 0 Å². The Labute approximate surface area is 81.0 Å². The first-order chi connectivity index (χ1) is 6.21. The Balaban J connectivity index is 2.00. The van der Waals surface area contributed by atoms with E-state index < -0.39 is 0 Å². The van der Waals surface area contributed by atoms with E-state index in [1.165, 1.54) is 25.7 Å². The van der Waals surface area contributed by atoms with Crippen LogP contribution in [-0.4, -0.2) is 24.8 Å². The molecule has 0 aromatic rings. The van der Waals surface area contributed by atoms with Crippen molar-refractivity contribution in [2.75, 3.05) is 13.1 Å². The van der Waals surface area contributed by atoms with E-state index in [0.717, 1.165) is 19.0 Å². The Morgan fingerprint density at radius 1 is 1.31 bits per heavy atom. The summed E-state index contributed by atoms with van der Waals surface area (Å²) in [6.07, 6.45) is 5.92. The minimum absolute atomic E-state index is 0.119. The first-order valence-electron chi connectivity index (χ1n) is 5.59. The van der Waals surface area contributed by atoms with Gasteiger partial charge in [0.05, 0.1) is 11.7 Å². The van der Waals surface area contributed by atoms with Gasteiger partial charge in [0.15, 0.2) is 0 Å². The third-order valence-corrected chi connectivity index (χ3v) is 3.60. The molecule has 0 bridgehead atoms. The highest BCUT2D eigenvalue weighted by Crippen LogP contribution is 2.37. The van der Waals surface area contributed by atoms with E-state index in [4.69, 9.17) is 4.74 Å². The molecule has 0 amide bonds. The zero-order chi connectivity index (χ0) is 9.31. The molecular formula is C11H21NO. The molecule has 0 spiro atoms. The molecule has 1 aliphatic heterocycles. The standard InChI is InChI=1S/C11H21NO/c1-9-7-12-8-11(2,13-9)10-5-3-4-6-10/h9-10,12H,3-8H2,1-2H3. The molecule has 2 fully saturated rings. The summed E-state index contributed by atoms with van der Waals surface area (Å²) >= 11 is 0. The Kier molecular flexibility index (Phi) is 2.61. The van der Waals surface area contributed by atoms with E-state index in [-0.39, 0.29) is 5.60 Å². The quantitative estimate of drug-likeness (QED) is 0.671. The van der Waals surface area contributed by atoms with Gasteiger partial charge in [-0.15, -0.1) is 0 Å². The van der Waals surface area contributed by atoms with E-state index in [1.54, 1.807) is 0 Å². The fourth-order valence-corrected chi connectivity index (χ4v) is 2.84. The first-order valence-corrected chi connectivity index (χ1v) is 5.59. The lowest BCUT2D eigenvalue weighted by atomic mass is 9.86. The molecule has 2 atom stereocenters. The van der Waals surface area contributed by atoms with Crippen molar-refractivity contribution in [2.24, 2.45) is 5.92 Å². The van der Waals surface area contributed by atoms with E-state index in [0.29, 0.717) is 6.10 Å². The van der Waals surface area contributed by atoms with Crippen LogP contribution >= 0.6 is 0 Å². The van der Waals surface area contributed by atoms with Crippen LogP contribution in [0.25, 0.3) is 0 Å². The monoisotopic (exact) mass is 183 g/mol. The van der Waals surface area contributed by atoms with Gasteiger partial charge in [0, 0.05) is 13.1 Å². The Hall–Kier alpha value is -0.0800. The average molecular weight is 183 g/mol. The zero-order valence-electron chi connectivity index (χ0n) is 8.81. The maximum absolute atomic E-state index is 6.10. The summed E-state index contributed by atoms with van der Waals surface area (Å²) in [5.41, 5.74) is 0.119. The molecule has 2 rings (SSSR count). The highest BCUT2D eigenvalue weighted by atomic mass is 16.5. The zero-order valence-corrected chi connectivity index (χ0v) is 8.81. The molecule has 13 heavy (non-hydrogen) atoms. The lowest BCUT2D eigenvalue weighted by Crippen LogP contribution is -2.54. The van der Waals surface area contributed by atoms with Crippen LogP contribution in [0, 0.1) is 5.92 Å². The number of morpholine rings is 1. The van der Waals surface area contributed by atoms with Gasteiger partial charge < -0.3 is 10.1 Å². The number of nitrogens with one attached hydrogen (secondary N) is 1. The lowest BCUT2D eigenvalue weighted by Gasteiger charge is -2.42. The normalized spacial score (nSPS) is 42.5. The van der Waals surface area contributed by atoms with Crippen LogP contribution in [0.2, 0.25) is 0 Å². The molecule has 1 N–H and O–H groups in total. The molecule has 2 aliphatic rings. The summed E-state index contributed by atoms with van der Waals surface area (Å²) in [6.45, 7) is 6.51. The fourth-order valence-electron chi connectivity index (χ4n) is 2.84. The minimum Gasteiger partial charge on any atom is -0.369 e. The van der Waals surface area contributed by atoms with Gasteiger partial charge in [-0.1, -0.05) is 12.8 Å². The van der Waals surface area contributed by atoms with Crippen LogP contribution in [0.3, 0.4) is 0 Å². The Bertz CT molecular complexity index is 177. The summed E-state index contributed by atoms with van der Waals surface area (Å²) in [5.74, 6) is 0.794. The summed E-state index contributed by atoms with van der Waals surface area (Å²) in [5, 5.41) is 3.48. The van der Waals surface area contributed by atoms with Crippen molar-refractivity contribution in [2.45, 2.75) is 51.2 Å². The molecule has 2 heteroatoms. The van der Waals surface area contributed by atoms with Crippen LogP contribution in [-0.2, 0) is 4.74 Å². The molecule has 1 heterocycles. The maximum atomic E-state index is 6.10. The number of hydrogen-bond acceptors (Lipinski definition) is 2. The summed E-state index contributed by atoms with van der Waals surface area (Å²) < 4.78 is 6.10. The maximum Gasteiger partial charge on any atom is 0.0810 e. The van der Waals surface area contributed by atoms with Gasteiger partial charge in [0.2, 0.25) is 0 Å². The van der Waals surface area contributed by atoms with E-state index >= 15 is 0 Å². The second kappa shape index (κ2) is 3.58. The van der Waals surface area contributed by atoms with Crippen LogP contribution in [0.15, 0.2) is 0 Å². The van der Waals surface area contributed by atoms with Crippen LogP contribution in [0.5, 0.6) is 0 Å². The van der Waals surface area contributed by atoms with Crippen LogP contribution < -0.4 is 5.32 Å². The van der Waals surface area contributed by atoms with Crippen LogP contribution in [0.1, 0.15) is 39.5 Å². The average Bonchev–Trinajstić information content (AvgIpc) is 2.55. The molecule has 0 radical (unpaired) electrons. The molecule has 1 aliphatic carbocycles. The number of rotatable bonds is 1. The molecule has 76 valence electrons. The van der Waals surface area contributed by atoms with E-state index in [9.17, 15) is 0 Å². The third-order valence-electron chi connectivity index (χ3n) is 3.60. The first kappa shape index (κ1) is 9.47. The van der Waals surface area contributed by atoms with Gasteiger partial charge in [0.1, 0.15) is 0 Å². The van der Waals surface area contributed by atoms with Crippen LogP contribution in [0.4, 0.5) is 0 Å². The van der Waals surface area contributed by atoms with Crippen molar-refractivity contribution in [1.29, 1.82) is 0 Å². The molecular weight excluding hydrogens is 162 g/mol. The molecule has 1 saturated carbocycles. The van der Waals surface area contributed by atoms with E-state index in [1.807, 2.05) is 0 Å². The summed E-state index contributed by atoms with van der Waals surface area (Å²) in [6, 6.07) is 0. The molecule has 0 aromatic heterocycles. The van der Waals surface area contributed by atoms with Gasteiger partial charge in [-0.05, 0) is 32.6 Å². The van der Waals surface area contributed by atoms with Crippen molar-refractivity contribution in [3.05, 3.63) is 0 Å². The third kappa shape index (κ3) is 1.89. The second-order valence-electron chi connectivity index (χ2n) is 4.85. The lowest BCUT2D eigenvalue weighted by molar-refractivity contribution is -0.128. The SMILES string of the molecule is CC1CNCC(C)(C2CCCC2)O1. The number of hydrogen-bond donors (Lipinski definition) is 1. The van der Waals surface area contributed by atoms with Gasteiger partial charge in [-0.25, -0.2) is 0 Å². The predicted molar refractivity (Wildman–Crippen MR) is 53.8 cm³/mol. The topological polar surface area (TPSA) is 21.3 Å². The summed E-state index contributed by atoms with van der Waals surface area (Å²) in [4.78, 5) is 0. The predicted octanol–water partition coefficient (Wildman–Crippen LogP) is 1.94. The van der Waals surface area contributed by atoms with Gasteiger partial charge in [-0.3, -0.25) is 0 Å². The molecule has 0 aromatic carbocycles. The number of ether oxygens (including phenoxy) is 1. The second-order valence-corrected chi connectivity index (χ2v) is 4.85. The highest BCUT2D eigenvalue weighted by molar-refractivity contribution is 4.92. The van der Waals surface area contributed by atoms with Gasteiger partial charge in [-0.2, -0.15) is 0 Å². The highest BCUT2D eigenvalue weighted by Gasteiger charge is 2.39. The Morgan fingerprint density at radius 3 is 2.62 bits per heavy atom. The largest absolute Gasteiger partial charge is 0.369 e. The molecule has 1 saturated heterocycles. The Morgan fingerprint density at radius 2 is 2.00 bits per heavy atom.